The van der Waals surface area contributed by atoms with E-state index in [1.807, 2.05) is 0 Å². The third kappa shape index (κ3) is 0.611. The van der Waals surface area contributed by atoms with Gasteiger partial charge in [0.25, 0.3) is 0 Å². The van der Waals surface area contributed by atoms with Crippen molar-refractivity contribution >= 4 is 5.91 Å². The van der Waals surface area contributed by atoms with Gasteiger partial charge in [-0.3, -0.25) is 4.79 Å². The topological polar surface area (TPSA) is 55.1 Å². The number of nitrogens with one attached hydrogen (secondary N) is 1. The van der Waals surface area contributed by atoms with Gasteiger partial charge in [0.15, 0.2) is 0 Å². The molecule has 2 aliphatic heterocycles. The van der Waals surface area contributed by atoms with Crippen molar-refractivity contribution in [1.82, 2.24) is 5.32 Å². The van der Waals surface area contributed by atoms with E-state index >= 15 is 0 Å². The summed E-state index contributed by atoms with van der Waals surface area (Å²) >= 11 is 0. The van der Waals surface area contributed by atoms with E-state index in [2.05, 4.69) is 5.32 Å². The first-order chi connectivity index (χ1) is 4.73. The minimum atomic E-state index is -0.289. The number of amides is 1. The molecule has 10 heavy (non-hydrogen) atoms. The van der Waals surface area contributed by atoms with Gasteiger partial charge in [0.05, 0.1) is 5.54 Å². The highest BCUT2D eigenvalue weighted by Gasteiger charge is 2.51. The van der Waals surface area contributed by atoms with Gasteiger partial charge in [-0.05, 0) is 31.7 Å². The summed E-state index contributed by atoms with van der Waals surface area (Å²) in [6, 6.07) is 0. The predicted molar refractivity (Wildman–Crippen MR) is 37.3 cm³/mol. The molecular formula is C7H12N2O. The minimum Gasteiger partial charge on any atom is -0.368 e. The maximum absolute atomic E-state index is 10.9. The number of nitrogens with two attached hydrogens (primary N) is 1. The Morgan fingerprint density at radius 2 is 2.30 bits per heavy atom. The molecule has 56 valence electrons. The van der Waals surface area contributed by atoms with Gasteiger partial charge in [0.1, 0.15) is 0 Å². The third-order valence-electron chi connectivity index (χ3n) is 2.76. The molecule has 1 saturated carbocycles. The zero-order valence-electron chi connectivity index (χ0n) is 5.89. The number of hydrogen-bond donors (Lipinski definition) is 2. The van der Waals surface area contributed by atoms with Gasteiger partial charge in [0, 0.05) is 0 Å². The molecule has 1 aliphatic carbocycles. The molecule has 3 fully saturated rings. The van der Waals surface area contributed by atoms with E-state index in [1.54, 1.807) is 0 Å². The molecule has 3 rings (SSSR count). The standard InChI is InChI=1S/C7H12N2O/c8-6(10)7-3-5(4-7)1-2-9-7/h5,9H,1-4H2,(H2,8,10). The van der Waals surface area contributed by atoms with E-state index in [-0.39, 0.29) is 11.4 Å². The largest absolute Gasteiger partial charge is 0.368 e. The Kier molecular flexibility index (Phi) is 1.06. The first-order valence-corrected chi connectivity index (χ1v) is 3.78. The highest BCUT2D eigenvalue weighted by Crippen LogP contribution is 2.42. The van der Waals surface area contributed by atoms with Gasteiger partial charge in [-0.1, -0.05) is 0 Å². The Morgan fingerprint density at radius 3 is 2.60 bits per heavy atom. The van der Waals surface area contributed by atoms with Crippen molar-refractivity contribution in [2.24, 2.45) is 11.7 Å². The van der Waals surface area contributed by atoms with Crippen LogP contribution in [0.1, 0.15) is 19.3 Å². The van der Waals surface area contributed by atoms with Gasteiger partial charge < -0.3 is 11.1 Å². The lowest BCUT2D eigenvalue weighted by atomic mass is 9.64. The minimum absolute atomic E-state index is 0.163. The number of fused-ring (bicyclic) bond motifs is 2. The summed E-state index contributed by atoms with van der Waals surface area (Å²) in [7, 11) is 0. The molecule has 0 unspecified atom stereocenters. The quantitative estimate of drug-likeness (QED) is 0.521. The van der Waals surface area contributed by atoms with Gasteiger partial charge in [-0.2, -0.15) is 0 Å². The molecule has 3 N–H and O–H groups in total. The highest BCUT2D eigenvalue weighted by molar-refractivity contribution is 5.86. The van der Waals surface area contributed by atoms with Crippen LogP contribution in [0.25, 0.3) is 0 Å². The summed E-state index contributed by atoms with van der Waals surface area (Å²) in [5, 5.41) is 3.19. The molecule has 2 heterocycles. The SMILES string of the molecule is NC(=O)C12CC(CCN1)C2. The summed E-state index contributed by atoms with van der Waals surface area (Å²) in [5.41, 5.74) is 4.95. The van der Waals surface area contributed by atoms with Crippen LogP contribution in [0, 0.1) is 5.92 Å². The van der Waals surface area contributed by atoms with E-state index in [0.717, 1.165) is 25.3 Å². The lowest BCUT2D eigenvalue weighted by Crippen LogP contribution is -2.67. The van der Waals surface area contributed by atoms with Gasteiger partial charge in [0.2, 0.25) is 5.91 Å². The maximum Gasteiger partial charge on any atom is 0.237 e. The monoisotopic (exact) mass is 140 g/mol. The molecule has 2 saturated heterocycles. The zero-order chi connectivity index (χ0) is 7.19. The molecule has 0 radical (unpaired) electrons. The van der Waals surface area contributed by atoms with Crippen molar-refractivity contribution in [3.63, 3.8) is 0 Å². The molecule has 0 atom stereocenters. The molecule has 0 spiro atoms. The second-order valence-electron chi connectivity index (χ2n) is 3.44. The molecular weight excluding hydrogens is 128 g/mol. The second kappa shape index (κ2) is 1.72. The number of rotatable bonds is 1. The molecule has 0 aromatic rings. The van der Waals surface area contributed by atoms with Crippen molar-refractivity contribution < 1.29 is 4.79 Å². The summed E-state index contributed by atoms with van der Waals surface area (Å²) < 4.78 is 0. The summed E-state index contributed by atoms with van der Waals surface area (Å²) in [5.74, 6) is 0.609. The van der Waals surface area contributed by atoms with Crippen molar-refractivity contribution in [1.29, 1.82) is 0 Å². The maximum atomic E-state index is 10.9. The Morgan fingerprint density at radius 1 is 1.60 bits per heavy atom. The first kappa shape index (κ1) is 6.16. The van der Waals surface area contributed by atoms with Crippen LogP contribution in [0.15, 0.2) is 0 Å². The lowest BCUT2D eigenvalue weighted by molar-refractivity contribution is -0.132. The second-order valence-corrected chi connectivity index (χ2v) is 3.44. The van der Waals surface area contributed by atoms with Crippen LogP contribution < -0.4 is 11.1 Å². The average molecular weight is 140 g/mol. The normalized spacial score (nSPS) is 44.2. The number of carbonyl (C=O) groups is 1. The zero-order valence-corrected chi connectivity index (χ0v) is 5.89. The van der Waals surface area contributed by atoms with Crippen LogP contribution in [0.2, 0.25) is 0 Å². The van der Waals surface area contributed by atoms with Crippen molar-refractivity contribution in [3.8, 4) is 0 Å². The summed E-state index contributed by atoms with van der Waals surface area (Å²) in [4.78, 5) is 10.9. The van der Waals surface area contributed by atoms with Crippen molar-refractivity contribution in [3.05, 3.63) is 0 Å². The van der Waals surface area contributed by atoms with Crippen LogP contribution in [0.5, 0.6) is 0 Å². The Labute approximate surface area is 60.0 Å². The van der Waals surface area contributed by atoms with E-state index < -0.39 is 0 Å². The lowest BCUT2D eigenvalue weighted by Gasteiger charge is -2.50. The Bertz CT molecular complexity index is 167. The molecule has 3 nitrogen and oxygen atoms in total. The Balaban J connectivity index is 2.12. The highest BCUT2D eigenvalue weighted by atomic mass is 16.1. The van der Waals surface area contributed by atoms with Gasteiger partial charge in [-0.15, -0.1) is 0 Å². The van der Waals surface area contributed by atoms with E-state index in [9.17, 15) is 4.79 Å². The fraction of sp³-hybridized carbons (Fsp3) is 0.857. The molecule has 3 aliphatic rings. The first-order valence-electron chi connectivity index (χ1n) is 3.78. The molecule has 2 bridgehead atoms. The van der Waals surface area contributed by atoms with E-state index in [0.29, 0.717) is 0 Å². The number of piperidine rings is 2. The number of primary amides is 1. The predicted octanol–water partition coefficient (Wildman–Crippen LogP) is -0.386. The fourth-order valence-electron chi connectivity index (χ4n) is 2.08. The summed E-state index contributed by atoms with van der Waals surface area (Å²) in [6.45, 7) is 0.966. The van der Waals surface area contributed by atoms with Gasteiger partial charge in [-0.25, -0.2) is 0 Å². The number of hydrogen-bond acceptors (Lipinski definition) is 2. The molecule has 0 aromatic heterocycles. The van der Waals surface area contributed by atoms with E-state index in [1.165, 1.54) is 6.42 Å². The van der Waals surface area contributed by atoms with Crippen LogP contribution in [-0.2, 0) is 4.79 Å². The van der Waals surface area contributed by atoms with Crippen LogP contribution in [0.4, 0.5) is 0 Å². The van der Waals surface area contributed by atoms with Crippen LogP contribution in [0.3, 0.4) is 0 Å². The van der Waals surface area contributed by atoms with Crippen LogP contribution in [-0.4, -0.2) is 18.0 Å². The summed E-state index contributed by atoms with van der Waals surface area (Å²) in [6.07, 6.45) is 3.17. The smallest absolute Gasteiger partial charge is 0.237 e. The van der Waals surface area contributed by atoms with Crippen molar-refractivity contribution in [2.45, 2.75) is 24.8 Å². The van der Waals surface area contributed by atoms with Crippen molar-refractivity contribution in [2.75, 3.05) is 6.54 Å². The van der Waals surface area contributed by atoms with Gasteiger partial charge >= 0.3 is 0 Å². The van der Waals surface area contributed by atoms with Crippen LogP contribution >= 0.6 is 0 Å². The van der Waals surface area contributed by atoms with E-state index in [4.69, 9.17) is 5.73 Å². The third-order valence-corrected chi connectivity index (χ3v) is 2.76. The molecule has 1 amide bonds. The fourth-order valence-corrected chi connectivity index (χ4v) is 2.08. The Hall–Kier alpha value is -0.570. The average Bonchev–Trinajstić information content (AvgIpc) is 1.87. The number of carbonyl (C=O) groups excluding carboxylic acids is 1. The molecule has 0 aromatic carbocycles. The molecule has 3 heteroatoms.